The van der Waals surface area contributed by atoms with Crippen LogP contribution in [0.3, 0.4) is 0 Å². The Bertz CT molecular complexity index is 255. The lowest BCUT2D eigenvalue weighted by Crippen LogP contribution is -2.12. The standard InChI is InChI=1S/C10H16N2/c1-7(10(3,4)5)9(6-11)8(2)12/h1,12H2,2-5H3. The fourth-order valence-electron chi connectivity index (χ4n) is 0.769. The monoisotopic (exact) mass is 164 g/mol. The fourth-order valence-corrected chi connectivity index (χ4v) is 0.769. The maximum absolute atomic E-state index is 8.78. The van der Waals surface area contributed by atoms with Gasteiger partial charge in [-0.25, -0.2) is 0 Å². The van der Waals surface area contributed by atoms with E-state index >= 15 is 0 Å². The van der Waals surface area contributed by atoms with Crippen molar-refractivity contribution in [1.82, 2.24) is 0 Å². The molecule has 0 amide bonds. The SMILES string of the molecule is C=C(C(C#N)=C(C)N)C(C)(C)C. The van der Waals surface area contributed by atoms with Gasteiger partial charge in [0, 0.05) is 5.70 Å². The second kappa shape index (κ2) is 3.44. The molecule has 0 aromatic heterocycles. The van der Waals surface area contributed by atoms with Crippen molar-refractivity contribution in [3.8, 4) is 6.07 Å². The Morgan fingerprint density at radius 2 is 1.83 bits per heavy atom. The van der Waals surface area contributed by atoms with E-state index in [0.29, 0.717) is 11.3 Å². The molecule has 66 valence electrons. The van der Waals surface area contributed by atoms with E-state index in [9.17, 15) is 0 Å². The lowest BCUT2D eigenvalue weighted by Gasteiger charge is -2.21. The Hall–Kier alpha value is -1.23. The zero-order valence-electron chi connectivity index (χ0n) is 8.23. The van der Waals surface area contributed by atoms with Crippen LogP contribution in [0.1, 0.15) is 27.7 Å². The van der Waals surface area contributed by atoms with E-state index < -0.39 is 0 Å². The Balaban J connectivity index is 4.98. The number of allylic oxidation sites excluding steroid dienone is 3. The Morgan fingerprint density at radius 1 is 1.42 bits per heavy atom. The van der Waals surface area contributed by atoms with Crippen LogP contribution in [0.15, 0.2) is 23.4 Å². The van der Waals surface area contributed by atoms with Crippen LogP contribution in [0.4, 0.5) is 0 Å². The first kappa shape index (κ1) is 10.8. The highest BCUT2D eigenvalue weighted by Gasteiger charge is 2.19. The van der Waals surface area contributed by atoms with Gasteiger partial charge < -0.3 is 5.73 Å². The molecule has 0 saturated carbocycles. The summed E-state index contributed by atoms with van der Waals surface area (Å²) in [5.74, 6) is 0. The molecule has 0 aromatic carbocycles. The predicted octanol–water partition coefficient (Wildman–Crippen LogP) is 2.34. The first-order valence-corrected chi connectivity index (χ1v) is 3.87. The molecule has 0 spiro atoms. The maximum Gasteiger partial charge on any atom is 0.101 e. The maximum atomic E-state index is 8.78. The molecule has 0 aromatic rings. The summed E-state index contributed by atoms with van der Waals surface area (Å²) in [4.78, 5) is 0. The van der Waals surface area contributed by atoms with Gasteiger partial charge in [0.05, 0.1) is 5.57 Å². The molecule has 0 unspecified atom stereocenters. The van der Waals surface area contributed by atoms with Crippen molar-refractivity contribution in [3.05, 3.63) is 23.4 Å². The third-order valence-corrected chi connectivity index (χ3v) is 1.71. The van der Waals surface area contributed by atoms with E-state index in [4.69, 9.17) is 11.0 Å². The van der Waals surface area contributed by atoms with Gasteiger partial charge in [0.1, 0.15) is 6.07 Å². The number of hydrogen-bond donors (Lipinski definition) is 1. The van der Waals surface area contributed by atoms with Gasteiger partial charge in [-0.15, -0.1) is 0 Å². The average molecular weight is 164 g/mol. The summed E-state index contributed by atoms with van der Waals surface area (Å²) in [6.07, 6.45) is 0. The molecular formula is C10H16N2. The summed E-state index contributed by atoms with van der Waals surface area (Å²) in [7, 11) is 0. The van der Waals surface area contributed by atoms with E-state index in [2.05, 4.69) is 12.6 Å². The zero-order valence-corrected chi connectivity index (χ0v) is 8.23. The van der Waals surface area contributed by atoms with Gasteiger partial charge in [-0.2, -0.15) is 5.26 Å². The van der Waals surface area contributed by atoms with Gasteiger partial charge in [0.15, 0.2) is 0 Å². The molecule has 0 atom stereocenters. The molecule has 0 bridgehead atoms. The van der Waals surface area contributed by atoms with Gasteiger partial charge in [0.2, 0.25) is 0 Å². The zero-order chi connectivity index (χ0) is 9.94. The molecule has 0 aliphatic carbocycles. The number of hydrogen-bond acceptors (Lipinski definition) is 2. The second-order valence-corrected chi connectivity index (χ2v) is 3.90. The molecule has 0 aliphatic heterocycles. The van der Waals surface area contributed by atoms with Gasteiger partial charge in [0.25, 0.3) is 0 Å². The number of nitrogens with zero attached hydrogens (tertiary/aromatic N) is 1. The summed E-state index contributed by atoms with van der Waals surface area (Å²) < 4.78 is 0. The minimum Gasteiger partial charge on any atom is -0.401 e. The first-order valence-electron chi connectivity index (χ1n) is 3.87. The molecule has 2 N–H and O–H groups in total. The molecule has 2 nitrogen and oxygen atoms in total. The normalized spacial score (nSPS) is 13.2. The topological polar surface area (TPSA) is 49.8 Å². The predicted molar refractivity (Wildman–Crippen MR) is 51.1 cm³/mol. The lowest BCUT2D eigenvalue weighted by atomic mass is 9.83. The summed E-state index contributed by atoms with van der Waals surface area (Å²) in [6.45, 7) is 11.6. The summed E-state index contributed by atoms with van der Waals surface area (Å²) in [6, 6.07) is 2.06. The van der Waals surface area contributed by atoms with Crippen LogP contribution in [0.25, 0.3) is 0 Å². The van der Waals surface area contributed by atoms with Gasteiger partial charge in [-0.3, -0.25) is 0 Å². The third-order valence-electron chi connectivity index (χ3n) is 1.71. The Kier molecular flexibility index (Phi) is 3.09. The molecule has 0 rings (SSSR count). The largest absolute Gasteiger partial charge is 0.401 e. The quantitative estimate of drug-likeness (QED) is 0.477. The first-order chi connectivity index (χ1) is 5.30. The average Bonchev–Trinajstić information content (AvgIpc) is 1.86. The van der Waals surface area contributed by atoms with Crippen LogP contribution in [0, 0.1) is 16.7 Å². The van der Waals surface area contributed by atoms with Crippen molar-refractivity contribution >= 4 is 0 Å². The minimum absolute atomic E-state index is 0.0916. The minimum atomic E-state index is -0.0916. The smallest absolute Gasteiger partial charge is 0.101 e. The molecule has 0 saturated heterocycles. The molecule has 0 aliphatic rings. The highest BCUT2D eigenvalue weighted by molar-refractivity contribution is 5.45. The molecule has 2 heteroatoms. The van der Waals surface area contributed by atoms with Crippen LogP contribution >= 0.6 is 0 Å². The van der Waals surface area contributed by atoms with Gasteiger partial charge in [-0.05, 0) is 17.9 Å². The number of nitriles is 1. The molecule has 0 fully saturated rings. The van der Waals surface area contributed by atoms with E-state index in [1.807, 2.05) is 20.8 Å². The highest BCUT2D eigenvalue weighted by atomic mass is 14.6. The molecular weight excluding hydrogens is 148 g/mol. The Morgan fingerprint density at radius 3 is 1.92 bits per heavy atom. The van der Waals surface area contributed by atoms with Crippen molar-refractivity contribution in [3.63, 3.8) is 0 Å². The van der Waals surface area contributed by atoms with Crippen molar-refractivity contribution in [2.75, 3.05) is 0 Å². The summed E-state index contributed by atoms with van der Waals surface area (Å²) in [5.41, 5.74) is 7.30. The van der Waals surface area contributed by atoms with E-state index in [0.717, 1.165) is 5.57 Å². The van der Waals surface area contributed by atoms with E-state index in [-0.39, 0.29) is 5.41 Å². The van der Waals surface area contributed by atoms with E-state index in [1.54, 1.807) is 6.92 Å². The van der Waals surface area contributed by atoms with Gasteiger partial charge in [-0.1, -0.05) is 27.4 Å². The van der Waals surface area contributed by atoms with Crippen molar-refractivity contribution in [1.29, 1.82) is 5.26 Å². The number of nitrogens with two attached hydrogens (primary N) is 1. The van der Waals surface area contributed by atoms with Crippen LogP contribution in [0.5, 0.6) is 0 Å². The molecule has 0 radical (unpaired) electrons. The van der Waals surface area contributed by atoms with Gasteiger partial charge >= 0.3 is 0 Å². The second-order valence-electron chi connectivity index (χ2n) is 3.90. The van der Waals surface area contributed by atoms with Crippen molar-refractivity contribution in [2.45, 2.75) is 27.7 Å². The Labute approximate surface area is 74.4 Å². The number of rotatable bonds is 1. The van der Waals surface area contributed by atoms with Crippen LogP contribution in [0.2, 0.25) is 0 Å². The molecule has 0 heterocycles. The van der Waals surface area contributed by atoms with Crippen LogP contribution in [-0.2, 0) is 0 Å². The van der Waals surface area contributed by atoms with E-state index in [1.165, 1.54) is 0 Å². The summed E-state index contributed by atoms with van der Waals surface area (Å²) >= 11 is 0. The lowest BCUT2D eigenvalue weighted by molar-refractivity contribution is 0.514. The van der Waals surface area contributed by atoms with Crippen LogP contribution < -0.4 is 5.73 Å². The van der Waals surface area contributed by atoms with Crippen LogP contribution in [-0.4, -0.2) is 0 Å². The third kappa shape index (κ3) is 2.43. The van der Waals surface area contributed by atoms with Crippen molar-refractivity contribution in [2.24, 2.45) is 11.1 Å². The van der Waals surface area contributed by atoms with Crippen molar-refractivity contribution < 1.29 is 0 Å². The highest BCUT2D eigenvalue weighted by Crippen LogP contribution is 2.29. The fraction of sp³-hybridized carbons (Fsp3) is 0.500. The molecule has 12 heavy (non-hydrogen) atoms. The summed E-state index contributed by atoms with van der Waals surface area (Å²) in [5, 5.41) is 8.78.